The summed E-state index contributed by atoms with van der Waals surface area (Å²) in [7, 11) is 2.56. The molecule has 0 aromatic heterocycles. The van der Waals surface area contributed by atoms with Gasteiger partial charge in [0, 0.05) is 22.3 Å². The molecule has 338 valence electrons. The number of carbonyl (C=O) groups excluding carboxylic acids is 3. The molecule has 22 nitrogen and oxygen atoms in total. The minimum atomic E-state index is -2.00. The van der Waals surface area contributed by atoms with E-state index in [1.165, 1.54) is 20.0 Å². The maximum atomic E-state index is 14.2. The number of carboxylic acids is 2. The molecule has 0 bridgehead atoms. The largest absolute Gasteiger partial charge is 0.506 e. The van der Waals surface area contributed by atoms with E-state index >= 15 is 0 Å². The van der Waals surface area contributed by atoms with Gasteiger partial charge in [0.15, 0.2) is 24.1 Å². The molecule has 0 unspecified atom stereocenters. The molecule has 22 heteroatoms. The Morgan fingerprint density at radius 3 is 2.00 bits per heavy atom. The lowest BCUT2D eigenvalue weighted by Gasteiger charge is -2.47. The Hall–Kier alpha value is -5.79. The third-order valence-corrected chi connectivity index (χ3v) is 11.8. The number of hydrogen-bond acceptors (Lipinski definition) is 19. The van der Waals surface area contributed by atoms with Gasteiger partial charge in [0.25, 0.3) is 5.91 Å². The van der Waals surface area contributed by atoms with Crippen molar-refractivity contribution in [2.75, 3.05) is 20.8 Å². The van der Waals surface area contributed by atoms with E-state index in [4.69, 9.17) is 23.7 Å². The fourth-order valence-corrected chi connectivity index (χ4v) is 8.58. The number of phenols is 3. The number of carboxylic acid groups (broad SMARTS) is 2. The third kappa shape index (κ3) is 7.22. The molecular weight excluding hydrogens is 840 g/mol. The van der Waals surface area contributed by atoms with Gasteiger partial charge in [-0.3, -0.25) is 19.2 Å². The Morgan fingerprint density at radius 1 is 0.794 bits per heavy atom. The van der Waals surface area contributed by atoms with E-state index in [-0.39, 0.29) is 11.1 Å². The van der Waals surface area contributed by atoms with Crippen LogP contribution in [0.1, 0.15) is 95.3 Å². The summed E-state index contributed by atoms with van der Waals surface area (Å²) < 4.78 is 28.8. The lowest BCUT2D eigenvalue weighted by molar-refractivity contribution is -0.339. The van der Waals surface area contributed by atoms with Crippen molar-refractivity contribution in [2.24, 2.45) is 0 Å². The summed E-state index contributed by atoms with van der Waals surface area (Å²) in [6.07, 6.45) is -16.0. The van der Waals surface area contributed by atoms with Gasteiger partial charge in [-0.2, -0.15) is 0 Å². The van der Waals surface area contributed by atoms with Gasteiger partial charge in [-0.15, -0.1) is 0 Å². The van der Waals surface area contributed by atoms with Gasteiger partial charge in [-0.25, -0.2) is 4.79 Å². The van der Waals surface area contributed by atoms with Gasteiger partial charge in [0.1, 0.15) is 77.3 Å². The fraction of sp³-hybridized carbons (Fsp3) is 0.439. The van der Waals surface area contributed by atoms with Gasteiger partial charge in [-0.1, -0.05) is 6.07 Å². The van der Waals surface area contributed by atoms with E-state index in [1.54, 1.807) is 6.92 Å². The number of ketones is 2. The number of rotatable bonds is 10. The molecule has 7 rings (SSSR count). The number of nitrogens with one attached hydrogen (secondary N) is 2. The minimum Gasteiger partial charge on any atom is -0.506 e. The molecule has 63 heavy (non-hydrogen) atoms. The Bertz CT molecular complexity index is 2440. The van der Waals surface area contributed by atoms with E-state index in [0.29, 0.717) is 0 Å². The molecule has 1 amide bonds. The monoisotopic (exact) mass is 884 g/mol. The maximum absolute atomic E-state index is 14.2. The van der Waals surface area contributed by atoms with Gasteiger partial charge >= 0.3 is 11.9 Å². The zero-order valence-corrected chi connectivity index (χ0v) is 33.9. The molecule has 2 aliphatic heterocycles. The van der Waals surface area contributed by atoms with Crippen LogP contribution in [0.2, 0.25) is 0 Å². The lowest BCUT2D eigenvalue weighted by Crippen LogP contribution is -2.65. The fourth-order valence-electron chi connectivity index (χ4n) is 8.58. The maximum Gasteiger partial charge on any atom is 0.343 e. The van der Waals surface area contributed by atoms with E-state index in [9.17, 15) is 75.0 Å². The number of aryl methyl sites for hydroxylation is 1. The summed E-state index contributed by atoms with van der Waals surface area (Å²) in [5, 5.41) is 115. The second kappa shape index (κ2) is 16.7. The SMILES string of the molecule is CN[C@@H]1[C@H](O[C@@H]2OC[C@@H](O)[C@H](O)[C@H]2O)[C@@H](O)[C@H](O[C@H]2c3cc(C)c(C(=O)N[C@H](C)C(=O)O)c(O)c3-c3c(cc4c(c3O)C(=O)c3cc(OC)c(C(=O)O)c(O)c3C4=O)[C@@H]2O)O[C@@H]1C. The number of aliphatic carboxylic acids is 1. The van der Waals surface area contributed by atoms with Gasteiger partial charge in [-0.05, 0) is 56.6 Å². The van der Waals surface area contributed by atoms with Crippen LogP contribution in [0.4, 0.5) is 0 Å². The molecule has 2 heterocycles. The molecule has 0 spiro atoms. The number of aromatic hydroxyl groups is 3. The average Bonchev–Trinajstić information content (AvgIpc) is 3.22. The van der Waals surface area contributed by atoms with Crippen LogP contribution in [0.3, 0.4) is 0 Å². The zero-order valence-electron chi connectivity index (χ0n) is 33.9. The number of phenolic OH excluding ortho intramolecular Hbond substituents is 2. The van der Waals surface area contributed by atoms with E-state index in [2.05, 4.69) is 10.6 Å². The zero-order chi connectivity index (χ0) is 46.3. The molecular formula is C41H44N2O20. The smallest absolute Gasteiger partial charge is 0.343 e. The minimum absolute atomic E-state index is 0.0147. The number of amides is 1. The Kier molecular flexibility index (Phi) is 12.0. The number of aromatic carboxylic acids is 1. The number of likely N-dealkylation sites (N-methyl/N-ethyl adjacent to an activating group) is 1. The number of aliphatic hydroxyl groups excluding tert-OH is 5. The highest BCUT2D eigenvalue weighted by Gasteiger charge is 2.51. The summed E-state index contributed by atoms with van der Waals surface area (Å²) in [6.45, 7) is 3.63. The predicted molar refractivity (Wildman–Crippen MR) is 208 cm³/mol. The summed E-state index contributed by atoms with van der Waals surface area (Å²) in [6, 6.07) is 0.772. The van der Waals surface area contributed by atoms with Crippen molar-refractivity contribution in [2.45, 2.75) is 94.3 Å². The Labute approximate surface area is 355 Å². The number of methoxy groups -OCH3 is 1. The molecule has 2 saturated heterocycles. The van der Waals surface area contributed by atoms with Crippen LogP contribution in [0.5, 0.6) is 23.0 Å². The predicted octanol–water partition coefficient (Wildman–Crippen LogP) is -0.913. The van der Waals surface area contributed by atoms with Gasteiger partial charge < -0.3 is 85.4 Å². The van der Waals surface area contributed by atoms with Crippen LogP contribution >= 0.6 is 0 Å². The Balaban J connectivity index is 1.39. The summed E-state index contributed by atoms with van der Waals surface area (Å²) in [4.78, 5) is 65.8. The molecule has 12 atom stereocenters. The summed E-state index contributed by atoms with van der Waals surface area (Å²) in [5.41, 5.74) is -5.58. The summed E-state index contributed by atoms with van der Waals surface area (Å²) >= 11 is 0. The third-order valence-electron chi connectivity index (χ3n) is 11.8. The second-order valence-electron chi connectivity index (χ2n) is 15.6. The van der Waals surface area contributed by atoms with Crippen molar-refractivity contribution in [1.82, 2.24) is 10.6 Å². The number of aliphatic hydroxyl groups is 5. The van der Waals surface area contributed by atoms with Crippen LogP contribution in [0.15, 0.2) is 18.2 Å². The van der Waals surface area contributed by atoms with Crippen LogP contribution in [-0.4, -0.2) is 163 Å². The molecule has 4 aliphatic rings. The van der Waals surface area contributed by atoms with Crippen LogP contribution in [0.25, 0.3) is 11.1 Å². The first-order valence-electron chi connectivity index (χ1n) is 19.4. The molecule has 0 saturated carbocycles. The first-order valence-corrected chi connectivity index (χ1v) is 19.4. The second-order valence-corrected chi connectivity index (χ2v) is 15.6. The molecule has 2 aliphatic carbocycles. The Morgan fingerprint density at radius 2 is 1.40 bits per heavy atom. The average molecular weight is 885 g/mol. The normalized spacial score (nSPS) is 29.1. The first kappa shape index (κ1) is 45.2. The highest BCUT2D eigenvalue weighted by Crippen LogP contribution is 2.57. The van der Waals surface area contributed by atoms with Crippen molar-refractivity contribution >= 4 is 29.4 Å². The van der Waals surface area contributed by atoms with E-state index in [1.807, 2.05) is 0 Å². The first-order chi connectivity index (χ1) is 29.7. The van der Waals surface area contributed by atoms with E-state index < -0.39 is 183 Å². The molecule has 12 N–H and O–H groups in total. The van der Waals surface area contributed by atoms with Crippen molar-refractivity contribution in [1.29, 1.82) is 0 Å². The highest BCUT2D eigenvalue weighted by atomic mass is 16.7. The highest BCUT2D eigenvalue weighted by molar-refractivity contribution is 6.31. The molecule has 0 radical (unpaired) electrons. The summed E-state index contributed by atoms with van der Waals surface area (Å²) in [5.74, 6) is -10.1. The number of benzene rings is 3. The number of carbonyl (C=O) groups is 5. The lowest BCUT2D eigenvalue weighted by atomic mass is 9.73. The topological polar surface area (TPSA) is 358 Å². The van der Waals surface area contributed by atoms with Crippen molar-refractivity contribution in [3.8, 4) is 34.1 Å². The van der Waals surface area contributed by atoms with E-state index in [0.717, 1.165) is 26.2 Å². The van der Waals surface area contributed by atoms with Crippen molar-refractivity contribution in [3.63, 3.8) is 0 Å². The van der Waals surface area contributed by atoms with Crippen LogP contribution in [0, 0.1) is 6.92 Å². The molecule has 3 aromatic carbocycles. The van der Waals surface area contributed by atoms with Crippen molar-refractivity contribution in [3.05, 3.63) is 68.3 Å². The number of hydrogen-bond donors (Lipinski definition) is 12. The quantitative estimate of drug-likeness (QED) is 0.0917. The number of fused-ring (bicyclic) bond motifs is 5. The molecule has 3 aromatic rings. The van der Waals surface area contributed by atoms with Crippen molar-refractivity contribution < 1.29 is 98.7 Å². The number of ether oxygens (including phenoxy) is 5. The van der Waals surface area contributed by atoms with Crippen LogP contribution < -0.4 is 15.4 Å². The van der Waals surface area contributed by atoms with Gasteiger partial charge in [0.2, 0.25) is 0 Å². The van der Waals surface area contributed by atoms with Gasteiger partial charge in [0.05, 0.1) is 42.6 Å². The molecule has 2 fully saturated rings. The van der Waals surface area contributed by atoms with Crippen LogP contribution in [-0.2, 0) is 23.7 Å². The standard InChI is InChI=1S/C41H44N2O20/c1-10-6-16-21(30(49)19(10)37(54)43-11(2)38(55)56)20-13(7-14-22(31(20)50)27(46)15-8-18(59-5)24(39(57)58)32(51)23(15)26(14)45)28(47)35(16)62-41-34(53)36(25(42-4)12(3)61-41)63-40-33(52)29(48)17(44)9-60-40/h6-8,11-12,17,25,28-29,33-36,40-42,44,47-53H,9H2,1-5H3,(H,43,54)(H,55,56)(H,57,58)/t11-,12-,17-,25+,28+,29+,33-,34-,35+,36+,40+,41+/m1/s1.